The normalized spacial score (nSPS) is 27.2. The molecule has 0 saturated carbocycles. The summed E-state index contributed by atoms with van der Waals surface area (Å²) in [4.78, 5) is 15.6. The molecule has 0 radical (unpaired) electrons. The van der Waals surface area contributed by atoms with Crippen molar-refractivity contribution in [3.05, 3.63) is 41.6 Å². The number of nitrogens with zero attached hydrogens (tertiary/aromatic N) is 2. The van der Waals surface area contributed by atoms with Gasteiger partial charge in [-0.05, 0) is 56.9 Å². The van der Waals surface area contributed by atoms with E-state index < -0.39 is 0 Å². The van der Waals surface area contributed by atoms with Gasteiger partial charge in [-0.3, -0.25) is 4.90 Å². The van der Waals surface area contributed by atoms with E-state index in [2.05, 4.69) is 46.7 Å². The summed E-state index contributed by atoms with van der Waals surface area (Å²) in [5, 5.41) is 1.30. The molecule has 0 bridgehead atoms. The van der Waals surface area contributed by atoms with Crippen LogP contribution in [0.1, 0.15) is 50.4 Å². The van der Waals surface area contributed by atoms with Crippen LogP contribution >= 0.6 is 0 Å². The fourth-order valence-corrected chi connectivity index (χ4v) is 5.63. The van der Waals surface area contributed by atoms with Crippen LogP contribution in [-0.4, -0.2) is 35.1 Å². The quantitative estimate of drug-likeness (QED) is 0.780. The number of hydrogen-bond donors (Lipinski definition) is 0. The Kier molecular flexibility index (Phi) is 3.54. The van der Waals surface area contributed by atoms with Gasteiger partial charge >= 0.3 is 5.97 Å². The molecule has 1 fully saturated rings. The molecule has 2 atom stereocenters. The summed E-state index contributed by atoms with van der Waals surface area (Å²) in [6.45, 7) is 6.85. The highest BCUT2D eigenvalue weighted by Crippen LogP contribution is 2.57. The van der Waals surface area contributed by atoms with Crippen LogP contribution in [0.15, 0.2) is 30.3 Å². The van der Waals surface area contributed by atoms with E-state index in [4.69, 9.17) is 4.74 Å². The van der Waals surface area contributed by atoms with Crippen molar-refractivity contribution in [2.75, 3.05) is 19.7 Å². The number of aromatic nitrogens is 1. The third-order valence-corrected chi connectivity index (χ3v) is 6.73. The lowest BCUT2D eigenvalue weighted by atomic mass is 9.66. The van der Waals surface area contributed by atoms with Crippen LogP contribution in [0.4, 0.5) is 0 Å². The minimum Gasteiger partial charge on any atom is -0.461 e. The maximum absolute atomic E-state index is 12.9. The topological polar surface area (TPSA) is 34.5 Å². The van der Waals surface area contributed by atoms with Gasteiger partial charge in [-0.15, -0.1) is 0 Å². The minimum atomic E-state index is -0.190. The molecule has 0 spiro atoms. The third-order valence-electron chi connectivity index (χ3n) is 6.73. The van der Waals surface area contributed by atoms with Crippen molar-refractivity contribution < 1.29 is 9.53 Å². The van der Waals surface area contributed by atoms with Crippen LogP contribution < -0.4 is 0 Å². The van der Waals surface area contributed by atoms with Gasteiger partial charge in [0.1, 0.15) is 5.70 Å². The Morgan fingerprint density at radius 1 is 1.27 bits per heavy atom. The molecule has 0 aliphatic carbocycles. The summed E-state index contributed by atoms with van der Waals surface area (Å²) in [6, 6.07) is 8.92. The summed E-state index contributed by atoms with van der Waals surface area (Å²) in [6.07, 6.45) is 6.73. The van der Waals surface area contributed by atoms with Crippen LogP contribution in [0.5, 0.6) is 0 Å². The molecule has 4 heterocycles. The monoisotopic (exact) mass is 350 g/mol. The van der Waals surface area contributed by atoms with Crippen molar-refractivity contribution in [3.63, 3.8) is 0 Å². The highest BCUT2D eigenvalue weighted by Gasteiger charge is 2.51. The summed E-state index contributed by atoms with van der Waals surface area (Å²) in [7, 11) is 0. The Balaban J connectivity index is 1.85. The lowest BCUT2D eigenvalue weighted by molar-refractivity contribution is -0.136. The average Bonchev–Trinajstić information content (AvgIpc) is 3.02. The molecule has 1 unspecified atom stereocenters. The van der Waals surface area contributed by atoms with Crippen LogP contribution in [0, 0.1) is 5.41 Å². The lowest BCUT2D eigenvalue weighted by Gasteiger charge is -2.53. The molecular formula is C22H26N2O2. The van der Waals surface area contributed by atoms with Gasteiger partial charge < -0.3 is 9.30 Å². The molecule has 1 aromatic carbocycles. The second-order valence-electron chi connectivity index (χ2n) is 7.85. The molecule has 4 heteroatoms. The van der Waals surface area contributed by atoms with E-state index in [1.165, 1.54) is 23.1 Å². The summed E-state index contributed by atoms with van der Waals surface area (Å²) in [5.74, 6) is -0.190. The molecule has 3 aliphatic heterocycles. The summed E-state index contributed by atoms with van der Waals surface area (Å²) < 4.78 is 7.69. The van der Waals surface area contributed by atoms with Gasteiger partial charge in [-0.1, -0.05) is 25.1 Å². The molecule has 2 aromatic rings. The Morgan fingerprint density at radius 3 is 2.92 bits per heavy atom. The molecule has 136 valence electrons. The van der Waals surface area contributed by atoms with E-state index in [1.807, 2.05) is 6.92 Å². The number of fused-ring (bicyclic) bond motifs is 3. The van der Waals surface area contributed by atoms with Crippen molar-refractivity contribution in [1.29, 1.82) is 0 Å². The smallest absolute Gasteiger partial charge is 0.354 e. The Morgan fingerprint density at radius 2 is 2.12 bits per heavy atom. The van der Waals surface area contributed by atoms with Crippen molar-refractivity contribution >= 4 is 22.6 Å². The molecule has 0 N–H and O–H groups in total. The van der Waals surface area contributed by atoms with E-state index in [9.17, 15) is 4.79 Å². The van der Waals surface area contributed by atoms with Crippen LogP contribution in [0.25, 0.3) is 16.6 Å². The zero-order chi connectivity index (χ0) is 17.9. The second-order valence-corrected chi connectivity index (χ2v) is 7.85. The lowest BCUT2D eigenvalue weighted by Crippen LogP contribution is -2.51. The molecule has 1 aromatic heterocycles. The predicted molar refractivity (Wildman–Crippen MR) is 103 cm³/mol. The Bertz CT molecular complexity index is 926. The number of para-hydroxylation sites is 1. The fraction of sp³-hybridized carbons (Fsp3) is 0.500. The van der Waals surface area contributed by atoms with Gasteiger partial charge in [0.2, 0.25) is 0 Å². The molecule has 3 aliphatic rings. The van der Waals surface area contributed by atoms with Gasteiger partial charge in [-0.2, -0.15) is 0 Å². The summed E-state index contributed by atoms with van der Waals surface area (Å²) >= 11 is 0. The standard InChI is InChI=1S/C22H26N2O2/c1-3-22-11-7-12-23-13-10-16-15-8-5-6-9-17(15)24(19(16)20(22)23)18(14-22)21(25)26-4-2/h5-6,8-9,14,20H,3-4,7,10-13H2,1-2H3/t20?,22-/m1/s1. The van der Waals surface area contributed by atoms with E-state index in [0.717, 1.165) is 43.6 Å². The van der Waals surface area contributed by atoms with Gasteiger partial charge in [0.05, 0.1) is 18.2 Å². The first-order chi connectivity index (χ1) is 12.7. The van der Waals surface area contributed by atoms with Crippen LogP contribution in [0.3, 0.4) is 0 Å². The maximum atomic E-state index is 12.9. The molecule has 0 amide bonds. The van der Waals surface area contributed by atoms with Crippen LogP contribution in [-0.2, 0) is 16.0 Å². The Hall–Kier alpha value is -2.07. The fourth-order valence-electron chi connectivity index (χ4n) is 5.63. The highest BCUT2D eigenvalue weighted by atomic mass is 16.5. The molecular weight excluding hydrogens is 324 g/mol. The number of ether oxygens (including phenoxy) is 1. The highest BCUT2D eigenvalue weighted by molar-refractivity contribution is 6.13. The van der Waals surface area contributed by atoms with E-state index in [-0.39, 0.29) is 11.4 Å². The van der Waals surface area contributed by atoms with E-state index in [1.54, 1.807) is 0 Å². The number of carbonyl (C=O) groups is 1. The number of hydrogen-bond acceptors (Lipinski definition) is 3. The first-order valence-corrected chi connectivity index (χ1v) is 9.97. The third kappa shape index (κ3) is 1.96. The first kappa shape index (κ1) is 16.1. The van der Waals surface area contributed by atoms with Crippen molar-refractivity contribution in [1.82, 2.24) is 9.47 Å². The van der Waals surface area contributed by atoms with Gasteiger partial charge in [0, 0.05) is 23.0 Å². The number of carbonyl (C=O) groups excluding carboxylic acids is 1. The minimum absolute atomic E-state index is 0.0416. The number of esters is 1. The molecule has 5 rings (SSSR count). The van der Waals surface area contributed by atoms with E-state index in [0.29, 0.717) is 12.6 Å². The van der Waals surface area contributed by atoms with Gasteiger partial charge in [0.15, 0.2) is 0 Å². The van der Waals surface area contributed by atoms with Gasteiger partial charge in [-0.25, -0.2) is 4.79 Å². The largest absolute Gasteiger partial charge is 0.461 e. The maximum Gasteiger partial charge on any atom is 0.354 e. The molecule has 4 nitrogen and oxygen atoms in total. The second kappa shape index (κ2) is 5.71. The predicted octanol–water partition coefficient (Wildman–Crippen LogP) is 4.15. The van der Waals surface area contributed by atoms with Crippen LogP contribution in [0.2, 0.25) is 0 Å². The number of rotatable bonds is 3. The average molecular weight is 350 g/mol. The van der Waals surface area contributed by atoms with Gasteiger partial charge in [0.25, 0.3) is 0 Å². The zero-order valence-corrected chi connectivity index (χ0v) is 15.6. The van der Waals surface area contributed by atoms with Crippen molar-refractivity contribution in [3.8, 4) is 0 Å². The first-order valence-electron chi connectivity index (χ1n) is 9.97. The zero-order valence-electron chi connectivity index (χ0n) is 15.6. The SMILES string of the molecule is CCOC(=O)C1=C[C@@]2(CC)CCCN3CCc4c(n1c1ccccc41)C32. The Labute approximate surface area is 154 Å². The molecule has 1 saturated heterocycles. The summed E-state index contributed by atoms with van der Waals surface area (Å²) in [5.41, 5.74) is 4.71. The number of piperidine rings is 1. The van der Waals surface area contributed by atoms with Crippen molar-refractivity contribution in [2.24, 2.45) is 5.41 Å². The number of benzene rings is 1. The van der Waals surface area contributed by atoms with E-state index >= 15 is 0 Å². The molecule has 26 heavy (non-hydrogen) atoms. The van der Waals surface area contributed by atoms with Crippen molar-refractivity contribution in [2.45, 2.75) is 45.6 Å².